The molecule has 150 valence electrons. The van der Waals surface area contributed by atoms with Crippen molar-refractivity contribution in [3.63, 3.8) is 0 Å². The smallest absolute Gasteiger partial charge is 0.303 e. The summed E-state index contributed by atoms with van der Waals surface area (Å²) in [6.07, 6.45) is 9.68. The van der Waals surface area contributed by atoms with Crippen molar-refractivity contribution < 1.29 is 19.4 Å². The van der Waals surface area contributed by atoms with Crippen molar-refractivity contribution in [1.29, 1.82) is 0 Å². The predicted octanol–water partition coefficient (Wildman–Crippen LogP) is 4.20. The lowest BCUT2D eigenvalue weighted by Gasteiger charge is -2.59. The van der Waals surface area contributed by atoms with Gasteiger partial charge in [-0.15, -0.1) is 0 Å². The molecular weight excluding hydrogens is 340 g/mol. The van der Waals surface area contributed by atoms with E-state index in [1.165, 1.54) is 12.5 Å². The van der Waals surface area contributed by atoms with Gasteiger partial charge in [-0.2, -0.15) is 0 Å². The fourth-order valence-electron chi connectivity index (χ4n) is 7.70. The summed E-state index contributed by atoms with van der Waals surface area (Å²) in [6, 6.07) is 0. The zero-order valence-electron chi connectivity index (χ0n) is 17.2. The fourth-order valence-corrected chi connectivity index (χ4v) is 7.70. The number of carbonyl (C=O) groups excluding carboxylic acids is 2. The number of esters is 1. The van der Waals surface area contributed by atoms with Gasteiger partial charge in [0.15, 0.2) is 11.4 Å². The van der Waals surface area contributed by atoms with Crippen LogP contribution >= 0.6 is 0 Å². The average Bonchev–Trinajstić information content (AvgIpc) is 2.89. The van der Waals surface area contributed by atoms with Gasteiger partial charge in [0.05, 0.1) is 6.10 Å². The van der Waals surface area contributed by atoms with Crippen LogP contribution in [0.1, 0.15) is 79.1 Å². The molecule has 4 rings (SSSR count). The number of fused-ring (bicyclic) bond motifs is 5. The second-order valence-corrected chi connectivity index (χ2v) is 10.1. The lowest BCUT2D eigenvalue weighted by molar-refractivity contribution is -0.186. The molecule has 3 unspecified atom stereocenters. The number of Topliss-reactive ketones (excluding diaryl/α,β-unsaturated/α-hetero) is 1. The molecule has 1 N–H and O–H groups in total. The van der Waals surface area contributed by atoms with Gasteiger partial charge in [-0.3, -0.25) is 9.59 Å². The second-order valence-electron chi connectivity index (χ2n) is 10.1. The highest BCUT2D eigenvalue weighted by atomic mass is 16.6. The minimum Gasteiger partial charge on any atom is -0.451 e. The highest BCUT2D eigenvalue weighted by molar-refractivity contribution is 5.89. The molecule has 0 heterocycles. The van der Waals surface area contributed by atoms with Crippen LogP contribution in [-0.4, -0.2) is 28.6 Å². The van der Waals surface area contributed by atoms with E-state index in [9.17, 15) is 14.7 Å². The molecule has 0 amide bonds. The summed E-state index contributed by atoms with van der Waals surface area (Å²) in [5, 5.41) is 10.1. The number of rotatable bonds is 2. The SMILES string of the molecule is CC(=O)O[C@@]1(C(C)=O)CCC2C3CC=C4C[C@@H](O)CC[C@]4(C)C3CC[C@@]21C. The lowest BCUT2D eigenvalue weighted by Crippen LogP contribution is -2.58. The molecule has 0 aromatic rings. The molecule has 4 nitrogen and oxygen atoms in total. The van der Waals surface area contributed by atoms with Crippen LogP contribution in [0.2, 0.25) is 0 Å². The molecule has 4 aliphatic rings. The Balaban J connectivity index is 1.70. The standard InChI is InChI=1S/C23H34O4/c1-14(24)23(27-15(2)25)12-9-20-18-6-5-16-13-17(26)7-10-21(16,3)19(18)8-11-22(20,23)4/h5,17-20,26H,6-13H2,1-4H3/t17-,18?,19?,20?,21-,22-,23+/m0/s1. The van der Waals surface area contributed by atoms with Gasteiger partial charge in [0.1, 0.15) is 0 Å². The first-order valence-electron chi connectivity index (χ1n) is 10.7. The zero-order chi connectivity index (χ0) is 19.6. The van der Waals surface area contributed by atoms with E-state index in [4.69, 9.17) is 4.74 Å². The van der Waals surface area contributed by atoms with Crippen molar-refractivity contribution in [2.75, 3.05) is 0 Å². The van der Waals surface area contributed by atoms with Crippen molar-refractivity contribution in [1.82, 2.24) is 0 Å². The number of aliphatic hydroxyl groups is 1. The number of allylic oxidation sites excluding steroid dienone is 1. The maximum atomic E-state index is 12.7. The largest absolute Gasteiger partial charge is 0.451 e. The molecule has 0 aliphatic heterocycles. The van der Waals surface area contributed by atoms with E-state index in [1.807, 2.05) is 0 Å². The number of hydrogen-bond acceptors (Lipinski definition) is 4. The molecule has 0 spiro atoms. The van der Waals surface area contributed by atoms with Gasteiger partial charge in [-0.05, 0) is 81.5 Å². The van der Waals surface area contributed by atoms with Gasteiger partial charge in [0.25, 0.3) is 0 Å². The maximum absolute atomic E-state index is 12.7. The quantitative estimate of drug-likeness (QED) is 0.581. The number of hydrogen-bond donors (Lipinski definition) is 1. The number of ketones is 1. The molecular formula is C23H34O4. The van der Waals surface area contributed by atoms with Crippen molar-refractivity contribution in [2.24, 2.45) is 28.6 Å². The third-order valence-electron chi connectivity index (χ3n) is 9.08. The summed E-state index contributed by atoms with van der Waals surface area (Å²) in [4.78, 5) is 24.6. The molecule has 0 aromatic heterocycles. The summed E-state index contributed by atoms with van der Waals surface area (Å²) in [5.74, 6) is 1.25. The Morgan fingerprint density at radius 1 is 1.07 bits per heavy atom. The fraction of sp³-hybridized carbons (Fsp3) is 0.826. The molecule has 0 bridgehead atoms. The highest BCUT2D eigenvalue weighted by Gasteiger charge is 2.67. The van der Waals surface area contributed by atoms with Gasteiger partial charge >= 0.3 is 5.97 Å². The van der Waals surface area contributed by atoms with E-state index in [0.29, 0.717) is 24.2 Å². The van der Waals surface area contributed by atoms with Crippen LogP contribution in [0.4, 0.5) is 0 Å². The topological polar surface area (TPSA) is 63.6 Å². The Morgan fingerprint density at radius 3 is 2.44 bits per heavy atom. The van der Waals surface area contributed by atoms with Crippen LogP contribution in [0.5, 0.6) is 0 Å². The Kier molecular flexibility index (Phi) is 4.38. The van der Waals surface area contributed by atoms with E-state index < -0.39 is 5.60 Å². The molecule has 0 saturated heterocycles. The molecule has 3 saturated carbocycles. The predicted molar refractivity (Wildman–Crippen MR) is 103 cm³/mol. The van der Waals surface area contributed by atoms with Gasteiger partial charge in [0, 0.05) is 12.3 Å². The molecule has 3 fully saturated rings. The van der Waals surface area contributed by atoms with Crippen molar-refractivity contribution in [3.8, 4) is 0 Å². The van der Waals surface area contributed by atoms with E-state index >= 15 is 0 Å². The van der Waals surface area contributed by atoms with Crippen molar-refractivity contribution >= 4 is 11.8 Å². The van der Waals surface area contributed by atoms with E-state index in [-0.39, 0.29) is 28.7 Å². The Morgan fingerprint density at radius 2 is 1.78 bits per heavy atom. The normalized spacial score (nSPS) is 48.7. The highest BCUT2D eigenvalue weighted by Crippen LogP contribution is 2.68. The van der Waals surface area contributed by atoms with Gasteiger partial charge in [0.2, 0.25) is 0 Å². The van der Waals surface area contributed by atoms with Crippen LogP contribution in [0.3, 0.4) is 0 Å². The summed E-state index contributed by atoms with van der Waals surface area (Å²) < 4.78 is 5.82. The summed E-state index contributed by atoms with van der Waals surface area (Å²) >= 11 is 0. The first-order chi connectivity index (χ1) is 12.6. The van der Waals surface area contributed by atoms with Gasteiger partial charge in [-0.1, -0.05) is 25.5 Å². The minimum absolute atomic E-state index is 0.0141. The number of ether oxygens (including phenoxy) is 1. The van der Waals surface area contributed by atoms with E-state index in [2.05, 4.69) is 19.9 Å². The Hall–Kier alpha value is -1.16. The molecule has 0 aromatic carbocycles. The van der Waals surface area contributed by atoms with Crippen LogP contribution in [0.25, 0.3) is 0 Å². The molecule has 0 radical (unpaired) electrons. The Bertz CT molecular complexity index is 696. The van der Waals surface area contributed by atoms with Crippen LogP contribution in [0.15, 0.2) is 11.6 Å². The van der Waals surface area contributed by atoms with E-state index in [1.54, 1.807) is 6.92 Å². The summed E-state index contributed by atoms with van der Waals surface area (Å²) in [6.45, 7) is 7.64. The van der Waals surface area contributed by atoms with Gasteiger partial charge < -0.3 is 9.84 Å². The molecule has 4 heteroatoms. The van der Waals surface area contributed by atoms with Crippen LogP contribution < -0.4 is 0 Å². The lowest BCUT2D eigenvalue weighted by atomic mass is 9.46. The van der Waals surface area contributed by atoms with Crippen LogP contribution in [0, 0.1) is 28.6 Å². The third kappa shape index (κ3) is 2.51. The maximum Gasteiger partial charge on any atom is 0.303 e. The molecule has 7 atom stereocenters. The molecule has 4 aliphatic carbocycles. The Labute approximate surface area is 162 Å². The second kappa shape index (κ2) is 6.17. The molecule has 27 heavy (non-hydrogen) atoms. The first kappa shape index (κ1) is 19.2. The first-order valence-corrected chi connectivity index (χ1v) is 10.7. The average molecular weight is 375 g/mol. The minimum atomic E-state index is -0.942. The number of carbonyl (C=O) groups is 2. The monoisotopic (exact) mass is 374 g/mol. The van der Waals surface area contributed by atoms with E-state index in [0.717, 1.165) is 44.9 Å². The van der Waals surface area contributed by atoms with Crippen molar-refractivity contribution in [3.05, 3.63) is 11.6 Å². The third-order valence-corrected chi connectivity index (χ3v) is 9.08. The van der Waals surface area contributed by atoms with Crippen molar-refractivity contribution in [2.45, 2.75) is 90.8 Å². The zero-order valence-corrected chi connectivity index (χ0v) is 17.2. The summed E-state index contributed by atoms with van der Waals surface area (Å²) in [5.41, 5.74) is 0.442. The number of aliphatic hydroxyl groups excluding tert-OH is 1. The summed E-state index contributed by atoms with van der Waals surface area (Å²) in [7, 11) is 0. The van der Waals surface area contributed by atoms with Crippen LogP contribution in [-0.2, 0) is 14.3 Å². The van der Waals surface area contributed by atoms with Gasteiger partial charge in [-0.25, -0.2) is 0 Å².